The Kier molecular flexibility index (Phi) is 14.1. The molecule has 1 aromatic rings. The average Bonchev–Trinajstić information content (AvgIpc) is 2.68. The smallest absolute Gasteiger partial charge is 0.338 e. The van der Waals surface area contributed by atoms with Gasteiger partial charge in [-0.2, -0.15) is 0 Å². The molecular formula is C24H38O3. The normalized spacial score (nSPS) is 11.1. The number of esters is 1. The van der Waals surface area contributed by atoms with Crippen LogP contribution in [0.3, 0.4) is 0 Å². The average molecular weight is 375 g/mol. The van der Waals surface area contributed by atoms with Crippen molar-refractivity contribution in [2.24, 2.45) is 0 Å². The number of hydrogen-bond acceptors (Lipinski definition) is 3. The topological polar surface area (TPSA) is 46.5 Å². The summed E-state index contributed by atoms with van der Waals surface area (Å²) in [5, 5.41) is 9.21. The van der Waals surface area contributed by atoms with Crippen LogP contribution in [0.2, 0.25) is 0 Å². The molecule has 0 spiro atoms. The van der Waals surface area contributed by atoms with Crippen molar-refractivity contribution in [2.75, 3.05) is 6.61 Å². The summed E-state index contributed by atoms with van der Waals surface area (Å²) < 4.78 is 5.26. The molecule has 1 N–H and O–H groups in total. The van der Waals surface area contributed by atoms with Crippen molar-refractivity contribution < 1.29 is 14.6 Å². The molecule has 152 valence electrons. The van der Waals surface area contributed by atoms with Crippen molar-refractivity contribution in [3.05, 3.63) is 42.0 Å². The van der Waals surface area contributed by atoms with Crippen LogP contribution in [0.15, 0.2) is 36.4 Å². The van der Waals surface area contributed by atoms with Gasteiger partial charge in [-0.1, -0.05) is 76.9 Å². The van der Waals surface area contributed by atoms with E-state index < -0.39 is 0 Å². The lowest BCUT2D eigenvalue weighted by Gasteiger charge is -2.05. The molecule has 0 aromatic heterocycles. The second kappa shape index (κ2) is 16.4. The van der Waals surface area contributed by atoms with E-state index in [0.29, 0.717) is 12.2 Å². The van der Waals surface area contributed by atoms with Crippen molar-refractivity contribution in [3.8, 4) is 5.75 Å². The Morgan fingerprint density at radius 3 is 1.93 bits per heavy atom. The lowest BCUT2D eigenvalue weighted by atomic mass is 10.1. The summed E-state index contributed by atoms with van der Waals surface area (Å²) >= 11 is 0. The predicted molar refractivity (Wildman–Crippen MR) is 113 cm³/mol. The molecule has 3 heteroatoms. The van der Waals surface area contributed by atoms with Gasteiger partial charge in [0.25, 0.3) is 0 Å². The van der Waals surface area contributed by atoms with Crippen LogP contribution in [0.4, 0.5) is 0 Å². The second-order valence-electron chi connectivity index (χ2n) is 7.27. The Morgan fingerprint density at radius 1 is 0.815 bits per heavy atom. The minimum Gasteiger partial charge on any atom is -0.508 e. The maximum Gasteiger partial charge on any atom is 0.338 e. The Morgan fingerprint density at radius 2 is 1.33 bits per heavy atom. The molecule has 0 saturated heterocycles. The van der Waals surface area contributed by atoms with Gasteiger partial charge in [0, 0.05) is 0 Å². The molecule has 0 unspecified atom stereocenters. The van der Waals surface area contributed by atoms with Crippen molar-refractivity contribution >= 4 is 5.97 Å². The van der Waals surface area contributed by atoms with Crippen molar-refractivity contribution in [1.29, 1.82) is 0 Å². The first-order valence-corrected chi connectivity index (χ1v) is 10.8. The first-order valence-electron chi connectivity index (χ1n) is 10.8. The summed E-state index contributed by atoms with van der Waals surface area (Å²) in [6, 6.07) is 6.17. The molecule has 0 saturated carbocycles. The number of rotatable bonds is 16. The van der Waals surface area contributed by atoms with Crippen LogP contribution in [0, 0.1) is 0 Å². The third-order valence-corrected chi connectivity index (χ3v) is 4.74. The lowest BCUT2D eigenvalue weighted by molar-refractivity contribution is 0.0497. The predicted octanol–water partition coefficient (Wildman–Crippen LogP) is 7.20. The van der Waals surface area contributed by atoms with Crippen molar-refractivity contribution in [3.63, 3.8) is 0 Å². The monoisotopic (exact) mass is 374 g/mol. The highest BCUT2D eigenvalue weighted by Crippen LogP contribution is 2.13. The van der Waals surface area contributed by atoms with Crippen molar-refractivity contribution in [1.82, 2.24) is 0 Å². The van der Waals surface area contributed by atoms with Gasteiger partial charge < -0.3 is 9.84 Å². The number of phenols is 1. The summed E-state index contributed by atoms with van der Waals surface area (Å²) in [4.78, 5) is 11.8. The number of hydrogen-bond donors (Lipinski definition) is 1. The summed E-state index contributed by atoms with van der Waals surface area (Å²) in [5.74, 6) is -0.152. The zero-order valence-electron chi connectivity index (χ0n) is 17.1. The van der Waals surface area contributed by atoms with E-state index >= 15 is 0 Å². The fraction of sp³-hybridized carbons (Fsp3) is 0.625. The third kappa shape index (κ3) is 13.1. The van der Waals surface area contributed by atoms with Gasteiger partial charge in [0.1, 0.15) is 5.75 Å². The number of allylic oxidation sites excluding steroid dienone is 2. The second-order valence-corrected chi connectivity index (χ2v) is 7.27. The number of ether oxygens (including phenoxy) is 1. The zero-order chi connectivity index (χ0) is 19.6. The highest BCUT2D eigenvalue weighted by molar-refractivity contribution is 5.89. The largest absolute Gasteiger partial charge is 0.508 e. The molecule has 0 aliphatic carbocycles. The molecule has 3 nitrogen and oxygen atoms in total. The first kappa shape index (κ1) is 23.3. The fourth-order valence-electron chi connectivity index (χ4n) is 3.01. The van der Waals surface area contributed by atoms with Gasteiger partial charge in [-0.05, 0) is 49.9 Å². The fourth-order valence-corrected chi connectivity index (χ4v) is 3.01. The summed E-state index contributed by atoms with van der Waals surface area (Å²) in [5.41, 5.74) is 0.490. The molecule has 27 heavy (non-hydrogen) atoms. The zero-order valence-corrected chi connectivity index (χ0v) is 17.1. The van der Waals surface area contributed by atoms with E-state index in [4.69, 9.17) is 4.74 Å². The minimum absolute atomic E-state index is 0.158. The van der Waals surface area contributed by atoms with Crippen LogP contribution in [-0.4, -0.2) is 17.7 Å². The van der Waals surface area contributed by atoms with Crippen LogP contribution in [0.1, 0.15) is 101 Å². The van der Waals surface area contributed by atoms with Gasteiger partial charge in [0.15, 0.2) is 0 Å². The Bertz CT molecular complexity index is 505. The van der Waals surface area contributed by atoms with Crippen LogP contribution < -0.4 is 0 Å². The quantitative estimate of drug-likeness (QED) is 0.189. The summed E-state index contributed by atoms with van der Waals surface area (Å²) in [6.45, 7) is 2.72. The van der Waals surface area contributed by atoms with Crippen LogP contribution >= 0.6 is 0 Å². The number of phenolic OH excluding ortho intramolecular Hbond substituents is 1. The van der Waals surface area contributed by atoms with Gasteiger partial charge >= 0.3 is 5.97 Å². The number of aromatic hydroxyl groups is 1. The van der Waals surface area contributed by atoms with E-state index in [0.717, 1.165) is 12.8 Å². The number of unbranched alkanes of at least 4 members (excludes halogenated alkanes) is 11. The summed E-state index contributed by atoms with van der Waals surface area (Å²) in [6.07, 6.45) is 21.0. The van der Waals surface area contributed by atoms with Gasteiger partial charge in [0.2, 0.25) is 0 Å². The standard InChI is InChI=1S/C24H38O3/c1-2-3-4-5-6-7-8-9-10-11-12-13-14-15-16-21-27-24(26)22-17-19-23(25)20-18-22/h5-6,17-20,25H,2-4,7-16,21H2,1H3/b6-5+. The van der Waals surface area contributed by atoms with Gasteiger partial charge in [0.05, 0.1) is 12.2 Å². The van der Waals surface area contributed by atoms with Crippen LogP contribution in [0.25, 0.3) is 0 Å². The number of carbonyl (C=O) groups is 1. The highest BCUT2D eigenvalue weighted by atomic mass is 16.5. The van der Waals surface area contributed by atoms with E-state index in [-0.39, 0.29) is 11.7 Å². The van der Waals surface area contributed by atoms with E-state index in [1.165, 1.54) is 82.8 Å². The molecule has 1 rings (SSSR count). The molecule has 0 radical (unpaired) electrons. The van der Waals surface area contributed by atoms with E-state index in [9.17, 15) is 9.90 Å². The molecule has 0 aliphatic rings. The maximum atomic E-state index is 11.8. The third-order valence-electron chi connectivity index (χ3n) is 4.74. The van der Waals surface area contributed by atoms with E-state index in [1.807, 2.05) is 0 Å². The molecular weight excluding hydrogens is 336 g/mol. The molecule has 0 aliphatic heterocycles. The Labute approximate surface area is 165 Å². The van der Waals surface area contributed by atoms with E-state index in [2.05, 4.69) is 19.1 Å². The summed E-state index contributed by atoms with van der Waals surface area (Å²) in [7, 11) is 0. The molecule has 0 bridgehead atoms. The van der Waals surface area contributed by atoms with Crippen LogP contribution in [0.5, 0.6) is 5.75 Å². The first-order chi connectivity index (χ1) is 13.2. The van der Waals surface area contributed by atoms with Crippen LogP contribution in [-0.2, 0) is 4.74 Å². The molecule has 0 heterocycles. The lowest BCUT2D eigenvalue weighted by Crippen LogP contribution is -2.06. The maximum absolute atomic E-state index is 11.8. The number of benzene rings is 1. The Balaban J connectivity index is 1.83. The molecule has 0 amide bonds. The highest BCUT2D eigenvalue weighted by Gasteiger charge is 2.06. The molecule has 0 atom stereocenters. The SMILES string of the molecule is CCCC/C=C/CCCCCCCCCCCOC(=O)c1ccc(O)cc1. The van der Waals surface area contributed by atoms with Gasteiger partial charge in [-0.3, -0.25) is 0 Å². The van der Waals surface area contributed by atoms with Gasteiger partial charge in [-0.25, -0.2) is 4.79 Å². The number of carbonyl (C=O) groups excluding carboxylic acids is 1. The van der Waals surface area contributed by atoms with Crippen molar-refractivity contribution in [2.45, 2.75) is 90.4 Å². The minimum atomic E-state index is -0.310. The Hall–Kier alpha value is -1.77. The molecule has 1 aromatic carbocycles. The van der Waals surface area contributed by atoms with E-state index in [1.54, 1.807) is 12.1 Å². The van der Waals surface area contributed by atoms with Gasteiger partial charge in [-0.15, -0.1) is 0 Å². The molecule has 0 fully saturated rings.